The van der Waals surface area contributed by atoms with Crippen molar-refractivity contribution in [1.29, 1.82) is 0 Å². The van der Waals surface area contributed by atoms with E-state index in [1.165, 1.54) is 12.1 Å². The van der Waals surface area contributed by atoms with Crippen molar-refractivity contribution in [2.75, 3.05) is 24.2 Å². The van der Waals surface area contributed by atoms with Gasteiger partial charge in [0.05, 0.1) is 4.92 Å². The van der Waals surface area contributed by atoms with Crippen LogP contribution in [0.15, 0.2) is 12.1 Å². The lowest BCUT2D eigenvalue weighted by Crippen LogP contribution is -2.20. The number of nitrogens with zero attached hydrogens (tertiary/aromatic N) is 3. The van der Waals surface area contributed by atoms with Crippen LogP contribution in [0.1, 0.15) is 12.8 Å². The Morgan fingerprint density at radius 3 is 2.78 bits per heavy atom. The van der Waals surface area contributed by atoms with Crippen molar-refractivity contribution in [3.05, 3.63) is 22.2 Å². The first-order valence-electron chi connectivity index (χ1n) is 5.25. The van der Waals surface area contributed by atoms with Gasteiger partial charge in [-0.1, -0.05) is 0 Å². The van der Waals surface area contributed by atoms with Gasteiger partial charge in [-0.2, -0.15) is 0 Å². The maximum absolute atomic E-state index is 10.6. The van der Waals surface area contributed by atoms with Gasteiger partial charge < -0.3 is 15.7 Å². The molecule has 0 saturated carbocycles. The molecule has 1 aromatic rings. The highest BCUT2D eigenvalue weighted by atomic mass is 16.6. The normalized spacial score (nSPS) is 10.1. The summed E-state index contributed by atoms with van der Waals surface area (Å²) in [6.07, 6.45) is 0.525. The number of hydrogen-bond acceptors (Lipinski definition) is 6. The van der Waals surface area contributed by atoms with Crippen LogP contribution in [0.2, 0.25) is 0 Å². The number of nitrogen functional groups attached to an aromatic ring is 1. The maximum atomic E-state index is 10.6. The predicted molar refractivity (Wildman–Crippen MR) is 65.4 cm³/mol. The number of pyridine rings is 1. The number of nitro groups is 1. The van der Waals surface area contributed by atoms with E-state index in [0.717, 1.165) is 0 Å². The molecule has 0 saturated heterocycles. The largest absolute Gasteiger partial charge is 0.481 e. The van der Waals surface area contributed by atoms with E-state index >= 15 is 0 Å². The third kappa shape index (κ3) is 3.58. The molecule has 8 heteroatoms. The summed E-state index contributed by atoms with van der Waals surface area (Å²) in [7, 11) is 1.72. The monoisotopic (exact) mass is 254 g/mol. The van der Waals surface area contributed by atoms with Crippen molar-refractivity contribution < 1.29 is 14.8 Å². The molecule has 0 aromatic carbocycles. The molecule has 0 aliphatic heterocycles. The molecule has 0 aliphatic rings. The third-order valence-corrected chi connectivity index (χ3v) is 2.36. The van der Waals surface area contributed by atoms with Crippen molar-refractivity contribution in [1.82, 2.24) is 4.98 Å². The van der Waals surface area contributed by atoms with Gasteiger partial charge >= 0.3 is 11.7 Å². The van der Waals surface area contributed by atoms with E-state index in [1.54, 1.807) is 11.9 Å². The molecule has 1 rings (SSSR count). The molecule has 18 heavy (non-hydrogen) atoms. The average molecular weight is 254 g/mol. The quantitative estimate of drug-likeness (QED) is 0.570. The van der Waals surface area contributed by atoms with Crippen molar-refractivity contribution in [2.45, 2.75) is 12.8 Å². The van der Waals surface area contributed by atoms with Gasteiger partial charge in [0.2, 0.25) is 5.82 Å². The highest BCUT2D eigenvalue weighted by molar-refractivity contribution is 5.66. The van der Waals surface area contributed by atoms with E-state index in [9.17, 15) is 14.9 Å². The van der Waals surface area contributed by atoms with Gasteiger partial charge in [-0.05, 0) is 12.5 Å². The molecule has 0 unspecified atom stereocenters. The summed E-state index contributed by atoms with van der Waals surface area (Å²) in [5, 5.41) is 19.1. The van der Waals surface area contributed by atoms with E-state index in [2.05, 4.69) is 4.98 Å². The number of carbonyl (C=O) groups is 1. The van der Waals surface area contributed by atoms with Gasteiger partial charge in [0.25, 0.3) is 0 Å². The van der Waals surface area contributed by atoms with Crippen LogP contribution in [0.25, 0.3) is 0 Å². The molecule has 1 heterocycles. The summed E-state index contributed by atoms with van der Waals surface area (Å²) in [6, 6.07) is 2.76. The van der Waals surface area contributed by atoms with E-state index < -0.39 is 10.9 Å². The SMILES string of the molecule is CN(CCCC(=O)O)c1ccc([N+](=O)[O-])c(N)n1. The fourth-order valence-corrected chi connectivity index (χ4v) is 1.41. The van der Waals surface area contributed by atoms with E-state index in [4.69, 9.17) is 10.8 Å². The Kier molecular flexibility index (Phi) is 4.41. The smallest absolute Gasteiger partial charge is 0.311 e. The number of anilines is 2. The van der Waals surface area contributed by atoms with Crippen LogP contribution in [0.5, 0.6) is 0 Å². The second-order valence-corrected chi connectivity index (χ2v) is 3.75. The minimum Gasteiger partial charge on any atom is -0.481 e. The molecular weight excluding hydrogens is 240 g/mol. The number of aliphatic carboxylic acids is 1. The lowest BCUT2D eigenvalue weighted by molar-refractivity contribution is -0.384. The Bertz CT molecular complexity index is 463. The van der Waals surface area contributed by atoms with Crippen LogP contribution in [0.3, 0.4) is 0 Å². The van der Waals surface area contributed by atoms with Gasteiger partial charge in [-0.3, -0.25) is 14.9 Å². The van der Waals surface area contributed by atoms with Crippen LogP contribution in [-0.2, 0) is 4.79 Å². The van der Waals surface area contributed by atoms with Gasteiger partial charge in [0, 0.05) is 26.1 Å². The van der Waals surface area contributed by atoms with Gasteiger partial charge in [-0.15, -0.1) is 0 Å². The Morgan fingerprint density at radius 2 is 2.28 bits per heavy atom. The first-order valence-corrected chi connectivity index (χ1v) is 5.25. The summed E-state index contributed by atoms with van der Waals surface area (Å²) < 4.78 is 0. The average Bonchev–Trinajstić information content (AvgIpc) is 2.27. The molecule has 0 bridgehead atoms. The van der Waals surface area contributed by atoms with Crippen LogP contribution in [0, 0.1) is 10.1 Å². The molecule has 8 nitrogen and oxygen atoms in total. The van der Waals surface area contributed by atoms with E-state index in [1.807, 2.05) is 0 Å². The van der Waals surface area contributed by atoms with Crippen molar-refractivity contribution in [3.8, 4) is 0 Å². The predicted octanol–water partition coefficient (Wildman–Crippen LogP) is 0.873. The van der Waals surface area contributed by atoms with Gasteiger partial charge in [-0.25, -0.2) is 4.98 Å². The van der Waals surface area contributed by atoms with Gasteiger partial charge in [0.1, 0.15) is 5.82 Å². The maximum Gasteiger partial charge on any atom is 0.311 e. The second kappa shape index (κ2) is 5.80. The zero-order valence-corrected chi connectivity index (χ0v) is 9.87. The zero-order valence-electron chi connectivity index (χ0n) is 9.87. The molecule has 0 radical (unpaired) electrons. The molecule has 0 atom stereocenters. The number of carboxylic acids is 1. The van der Waals surface area contributed by atoms with Crippen LogP contribution in [-0.4, -0.2) is 34.6 Å². The third-order valence-electron chi connectivity index (χ3n) is 2.36. The van der Waals surface area contributed by atoms with Crippen molar-refractivity contribution in [3.63, 3.8) is 0 Å². The molecule has 0 spiro atoms. The molecule has 0 aliphatic carbocycles. The first kappa shape index (κ1) is 13.7. The highest BCUT2D eigenvalue weighted by Gasteiger charge is 2.14. The second-order valence-electron chi connectivity index (χ2n) is 3.75. The molecule has 3 N–H and O–H groups in total. The number of nitrogens with two attached hydrogens (primary N) is 1. The molecule has 1 aromatic heterocycles. The number of hydrogen-bond donors (Lipinski definition) is 2. The Morgan fingerprint density at radius 1 is 1.61 bits per heavy atom. The molecular formula is C10H14N4O4. The summed E-state index contributed by atoms with van der Waals surface area (Å²) in [4.78, 5) is 25.9. The highest BCUT2D eigenvalue weighted by Crippen LogP contribution is 2.22. The Hall–Kier alpha value is -2.38. The van der Waals surface area contributed by atoms with E-state index in [-0.39, 0.29) is 17.9 Å². The zero-order chi connectivity index (χ0) is 13.7. The van der Waals surface area contributed by atoms with Gasteiger partial charge in [0.15, 0.2) is 0 Å². The molecule has 98 valence electrons. The number of aromatic nitrogens is 1. The van der Waals surface area contributed by atoms with Crippen LogP contribution >= 0.6 is 0 Å². The van der Waals surface area contributed by atoms with Crippen molar-refractivity contribution in [2.24, 2.45) is 0 Å². The molecule has 0 amide bonds. The summed E-state index contributed by atoms with van der Waals surface area (Å²) in [6.45, 7) is 0.483. The lowest BCUT2D eigenvalue weighted by Gasteiger charge is -2.17. The fraction of sp³-hybridized carbons (Fsp3) is 0.400. The first-order chi connectivity index (χ1) is 8.41. The van der Waals surface area contributed by atoms with E-state index in [0.29, 0.717) is 18.8 Å². The van der Waals surface area contributed by atoms with Crippen LogP contribution < -0.4 is 10.6 Å². The summed E-state index contributed by atoms with van der Waals surface area (Å²) >= 11 is 0. The van der Waals surface area contributed by atoms with Crippen molar-refractivity contribution >= 4 is 23.3 Å². The number of rotatable bonds is 6. The molecule has 0 fully saturated rings. The summed E-state index contributed by atoms with van der Waals surface area (Å²) in [5.41, 5.74) is 5.23. The lowest BCUT2D eigenvalue weighted by atomic mass is 10.3. The topological polar surface area (TPSA) is 123 Å². The minimum absolute atomic E-state index is 0.0623. The summed E-state index contributed by atoms with van der Waals surface area (Å²) in [5.74, 6) is -0.536. The minimum atomic E-state index is -0.862. The Balaban J connectivity index is 2.69. The number of carboxylic acid groups (broad SMARTS) is 1. The Labute approximate surface area is 103 Å². The standard InChI is InChI=1S/C10H14N4O4/c1-13(6-2-3-9(15)16)8-5-4-7(14(17)18)10(11)12-8/h4-5H,2-3,6H2,1H3,(H2,11,12)(H,15,16). The van der Waals surface area contributed by atoms with Crippen LogP contribution in [0.4, 0.5) is 17.3 Å². The fourth-order valence-electron chi connectivity index (χ4n) is 1.41.